The minimum atomic E-state index is 0.591. The van der Waals surface area contributed by atoms with E-state index in [0.717, 1.165) is 18.9 Å². The zero-order valence-corrected chi connectivity index (χ0v) is 11.4. The molecule has 100 valence electrons. The van der Waals surface area contributed by atoms with Crippen molar-refractivity contribution < 1.29 is 4.74 Å². The minimum Gasteiger partial charge on any atom is -0.396 e. The summed E-state index contributed by atoms with van der Waals surface area (Å²) < 4.78 is 7.30. The summed E-state index contributed by atoms with van der Waals surface area (Å²) in [6.45, 7) is 9.77. The molecule has 0 spiro atoms. The Bertz CT molecular complexity index is 415. The molecule has 1 aromatic rings. The molecule has 0 aromatic carbocycles. The maximum atomic E-state index is 9.15. The summed E-state index contributed by atoms with van der Waals surface area (Å²) in [7, 11) is 0. The van der Waals surface area contributed by atoms with E-state index in [4.69, 9.17) is 15.7 Å². The van der Waals surface area contributed by atoms with Crippen molar-refractivity contribution >= 4 is 11.5 Å². The van der Waals surface area contributed by atoms with E-state index in [-0.39, 0.29) is 0 Å². The van der Waals surface area contributed by atoms with Crippen LogP contribution in [0.15, 0.2) is 6.07 Å². The molecule has 1 aromatic heterocycles. The zero-order valence-electron chi connectivity index (χ0n) is 11.4. The zero-order chi connectivity index (χ0) is 13.5. The number of rotatable bonds is 7. The second-order valence-corrected chi connectivity index (χ2v) is 3.94. The summed E-state index contributed by atoms with van der Waals surface area (Å²) in [4.78, 5) is 2.15. The number of nitriles is 1. The van der Waals surface area contributed by atoms with E-state index in [1.165, 1.54) is 0 Å². The van der Waals surface area contributed by atoms with E-state index in [0.29, 0.717) is 31.1 Å². The van der Waals surface area contributed by atoms with E-state index in [2.05, 4.69) is 24.8 Å². The second kappa shape index (κ2) is 6.92. The standard InChI is InChI=1S/C13H22N4O/c1-4-16(5-2)13-12(15)9-11(10-14)17(13)7-8-18-6-3/h9H,4-8,15H2,1-3H3. The molecule has 1 heterocycles. The van der Waals surface area contributed by atoms with Gasteiger partial charge in [-0.15, -0.1) is 0 Å². The summed E-state index contributed by atoms with van der Waals surface area (Å²) in [6, 6.07) is 3.92. The number of hydrogen-bond acceptors (Lipinski definition) is 4. The van der Waals surface area contributed by atoms with Crippen LogP contribution in [-0.2, 0) is 11.3 Å². The van der Waals surface area contributed by atoms with Crippen LogP contribution in [0.5, 0.6) is 0 Å². The molecule has 0 aliphatic carbocycles. The molecule has 18 heavy (non-hydrogen) atoms. The summed E-state index contributed by atoms with van der Waals surface area (Å²) in [5.41, 5.74) is 7.27. The third-order valence-electron chi connectivity index (χ3n) is 2.94. The highest BCUT2D eigenvalue weighted by Gasteiger charge is 2.16. The number of nitrogens with zero attached hydrogens (tertiary/aromatic N) is 3. The first kappa shape index (κ1) is 14.4. The molecule has 0 radical (unpaired) electrons. The predicted molar refractivity (Wildman–Crippen MR) is 73.6 cm³/mol. The van der Waals surface area contributed by atoms with Crippen molar-refractivity contribution in [3.63, 3.8) is 0 Å². The number of anilines is 2. The van der Waals surface area contributed by atoms with Crippen LogP contribution in [0.1, 0.15) is 26.5 Å². The van der Waals surface area contributed by atoms with Gasteiger partial charge in [-0.25, -0.2) is 0 Å². The van der Waals surface area contributed by atoms with Gasteiger partial charge in [0, 0.05) is 26.2 Å². The molecule has 0 atom stereocenters. The van der Waals surface area contributed by atoms with Crippen LogP contribution in [0, 0.1) is 11.3 Å². The predicted octanol–water partition coefficient (Wildman–Crippen LogP) is 1.82. The molecule has 2 N–H and O–H groups in total. The van der Waals surface area contributed by atoms with E-state index in [1.54, 1.807) is 6.07 Å². The van der Waals surface area contributed by atoms with Crippen molar-refractivity contribution in [2.45, 2.75) is 27.3 Å². The SMILES string of the molecule is CCOCCn1c(C#N)cc(N)c1N(CC)CC. The molecule has 5 heteroatoms. The normalized spacial score (nSPS) is 10.3. The van der Waals surface area contributed by atoms with Crippen LogP contribution in [-0.4, -0.2) is 30.9 Å². The van der Waals surface area contributed by atoms with E-state index in [1.807, 2.05) is 11.5 Å². The van der Waals surface area contributed by atoms with Gasteiger partial charge in [0.2, 0.25) is 0 Å². The molecule has 0 saturated heterocycles. The van der Waals surface area contributed by atoms with Gasteiger partial charge in [0.25, 0.3) is 0 Å². The monoisotopic (exact) mass is 250 g/mol. The fourth-order valence-corrected chi connectivity index (χ4v) is 2.06. The number of nitrogen functional groups attached to an aromatic ring is 1. The Labute approximate surface area is 109 Å². The Morgan fingerprint density at radius 1 is 1.39 bits per heavy atom. The highest BCUT2D eigenvalue weighted by atomic mass is 16.5. The van der Waals surface area contributed by atoms with Crippen LogP contribution < -0.4 is 10.6 Å². The van der Waals surface area contributed by atoms with Gasteiger partial charge in [-0.05, 0) is 26.8 Å². The molecular weight excluding hydrogens is 228 g/mol. The van der Waals surface area contributed by atoms with Crippen LogP contribution in [0.3, 0.4) is 0 Å². The van der Waals surface area contributed by atoms with Gasteiger partial charge in [0.15, 0.2) is 0 Å². The first-order valence-electron chi connectivity index (χ1n) is 6.41. The molecule has 0 aliphatic rings. The lowest BCUT2D eigenvalue weighted by molar-refractivity contribution is 0.139. The largest absolute Gasteiger partial charge is 0.396 e. The van der Waals surface area contributed by atoms with Gasteiger partial charge >= 0.3 is 0 Å². The van der Waals surface area contributed by atoms with Crippen LogP contribution in [0.25, 0.3) is 0 Å². The molecule has 0 aliphatic heterocycles. The first-order valence-corrected chi connectivity index (χ1v) is 6.41. The average molecular weight is 250 g/mol. The molecule has 0 fully saturated rings. The van der Waals surface area contributed by atoms with Gasteiger partial charge < -0.3 is 19.9 Å². The summed E-state index contributed by atoms with van der Waals surface area (Å²) in [6.07, 6.45) is 0. The van der Waals surface area contributed by atoms with Crippen LogP contribution in [0.2, 0.25) is 0 Å². The fraction of sp³-hybridized carbons (Fsp3) is 0.615. The van der Waals surface area contributed by atoms with Gasteiger partial charge in [-0.2, -0.15) is 5.26 Å². The molecule has 0 bridgehead atoms. The van der Waals surface area contributed by atoms with E-state index >= 15 is 0 Å². The van der Waals surface area contributed by atoms with Crippen LogP contribution >= 0.6 is 0 Å². The molecule has 0 amide bonds. The topological polar surface area (TPSA) is 67.2 Å². The summed E-state index contributed by atoms with van der Waals surface area (Å²) in [5, 5.41) is 9.15. The van der Waals surface area contributed by atoms with Gasteiger partial charge in [0.05, 0.1) is 12.3 Å². The summed E-state index contributed by atoms with van der Waals surface area (Å²) in [5.74, 6) is 0.927. The fourth-order valence-electron chi connectivity index (χ4n) is 2.06. The van der Waals surface area contributed by atoms with E-state index in [9.17, 15) is 0 Å². The Morgan fingerprint density at radius 3 is 2.56 bits per heavy atom. The molecular formula is C13H22N4O. The van der Waals surface area contributed by atoms with Crippen molar-refractivity contribution in [1.82, 2.24) is 4.57 Å². The second-order valence-electron chi connectivity index (χ2n) is 3.94. The molecule has 5 nitrogen and oxygen atoms in total. The van der Waals surface area contributed by atoms with Crippen LogP contribution in [0.4, 0.5) is 11.5 Å². The van der Waals surface area contributed by atoms with Crippen molar-refractivity contribution in [2.24, 2.45) is 0 Å². The summed E-state index contributed by atoms with van der Waals surface area (Å²) >= 11 is 0. The number of hydrogen-bond donors (Lipinski definition) is 1. The Balaban J connectivity index is 3.06. The average Bonchev–Trinajstić information content (AvgIpc) is 2.69. The number of nitrogens with two attached hydrogens (primary N) is 1. The van der Waals surface area contributed by atoms with Gasteiger partial charge in [-0.1, -0.05) is 0 Å². The Hall–Kier alpha value is -1.67. The highest BCUT2D eigenvalue weighted by molar-refractivity contribution is 5.67. The maximum absolute atomic E-state index is 9.15. The third kappa shape index (κ3) is 2.96. The molecule has 0 unspecified atom stereocenters. The molecule has 0 saturated carbocycles. The number of ether oxygens (including phenoxy) is 1. The third-order valence-corrected chi connectivity index (χ3v) is 2.94. The first-order chi connectivity index (χ1) is 8.69. The van der Waals surface area contributed by atoms with Gasteiger partial charge in [0.1, 0.15) is 17.6 Å². The lowest BCUT2D eigenvalue weighted by atomic mass is 10.4. The molecule has 1 rings (SSSR count). The smallest absolute Gasteiger partial charge is 0.133 e. The van der Waals surface area contributed by atoms with Crippen molar-refractivity contribution in [3.8, 4) is 6.07 Å². The maximum Gasteiger partial charge on any atom is 0.133 e. The quantitative estimate of drug-likeness (QED) is 0.750. The highest BCUT2D eigenvalue weighted by Crippen LogP contribution is 2.27. The minimum absolute atomic E-state index is 0.591. The van der Waals surface area contributed by atoms with E-state index < -0.39 is 0 Å². The van der Waals surface area contributed by atoms with Gasteiger partial charge in [-0.3, -0.25) is 0 Å². The lowest BCUT2D eigenvalue weighted by Crippen LogP contribution is -2.26. The Kier molecular flexibility index (Phi) is 5.53. The lowest BCUT2D eigenvalue weighted by Gasteiger charge is -2.24. The Morgan fingerprint density at radius 2 is 2.06 bits per heavy atom. The van der Waals surface area contributed by atoms with Crippen molar-refractivity contribution in [2.75, 3.05) is 36.9 Å². The van der Waals surface area contributed by atoms with Crippen molar-refractivity contribution in [1.29, 1.82) is 5.26 Å². The number of aromatic nitrogens is 1. The van der Waals surface area contributed by atoms with Crippen molar-refractivity contribution in [3.05, 3.63) is 11.8 Å².